The third kappa shape index (κ3) is 3.60. The molecule has 180 valence electrons. The van der Waals surface area contributed by atoms with Crippen LogP contribution in [0.15, 0.2) is 29.9 Å². The van der Waals surface area contributed by atoms with Crippen molar-refractivity contribution in [3.8, 4) is 5.82 Å². The minimum atomic E-state index is 0.305. The number of hydrogen-bond acceptors (Lipinski definition) is 8. The van der Waals surface area contributed by atoms with Crippen molar-refractivity contribution in [2.24, 2.45) is 11.8 Å². The molecule has 8 nitrogen and oxygen atoms in total. The first-order valence-electron chi connectivity index (χ1n) is 12.7. The summed E-state index contributed by atoms with van der Waals surface area (Å²) in [7, 11) is 0. The summed E-state index contributed by atoms with van der Waals surface area (Å²) >= 11 is 1.60. The molecule has 3 aromatic heterocycles. The molecule has 2 fully saturated rings. The number of fused-ring (bicyclic) bond motifs is 4. The molecular formula is C26H30N8S. The molecule has 3 N–H and O–H groups in total. The topological polar surface area (TPSA) is 97.8 Å². The Labute approximate surface area is 208 Å². The number of nitrogens with two attached hydrogens (primary N) is 1. The highest BCUT2D eigenvalue weighted by Crippen LogP contribution is 2.44. The second-order valence-electron chi connectivity index (χ2n) is 10.3. The second-order valence-corrected chi connectivity index (χ2v) is 11.2. The fourth-order valence-corrected chi connectivity index (χ4v) is 7.64. The zero-order valence-corrected chi connectivity index (χ0v) is 20.8. The second kappa shape index (κ2) is 8.27. The molecule has 2 bridgehead atoms. The predicted molar refractivity (Wildman–Crippen MR) is 139 cm³/mol. The molecule has 0 radical (unpaired) electrons. The van der Waals surface area contributed by atoms with Crippen LogP contribution in [0.2, 0.25) is 0 Å². The van der Waals surface area contributed by atoms with Crippen LogP contribution in [0.3, 0.4) is 0 Å². The van der Waals surface area contributed by atoms with Crippen LogP contribution in [0, 0.1) is 18.8 Å². The van der Waals surface area contributed by atoms with Gasteiger partial charge >= 0.3 is 0 Å². The number of thiophene rings is 1. The smallest absolute Gasteiger partial charge is 0.248 e. The summed E-state index contributed by atoms with van der Waals surface area (Å²) in [5.41, 5.74) is 12.3. The van der Waals surface area contributed by atoms with E-state index in [0.717, 1.165) is 39.3 Å². The van der Waals surface area contributed by atoms with Gasteiger partial charge in [-0.3, -0.25) is 4.90 Å². The van der Waals surface area contributed by atoms with Crippen LogP contribution in [0.5, 0.6) is 0 Å². The van der Waals surface area contributed by atoms with Crippen molar-refractivity contribution in [2.45, 2.75) is 51.5 Å². The van der Waals surface area contributed by atoms with Crippen molar-refractivity contribution in [3.05, 3.63) is 46.6 Å². The molecule has 1 saturated carbocycles. The van der Waals surface area contributed by atoms with Crippen LogP contribution in [0.25, 0.3) is 16.0 Å². The van der Waals surface area contributed by atoms with Crippen LogP contribution < -0.4 is 11.1 Å². The van der Waals surface area contributed by atoms with Gasteiger partial charge < -0.3 is 11.1 Å². The standard InChI is InChI=1S/C26H30N8S/c1-15-13-35-23-21(15)28-14-29-24(23)34-25(27)31-26(32-34)30-20-7-6-16-10-17-4-5-18(11-19(16)12-20)22(17)33-8-2-3-9-33/h6-7,12-14,17-18,22H,2-5,8-11H2,1H3,(H3,27,30,31,32). The Morgan fingerprint density at radius 1 is 1.06 bits per heavy atom. The molecule has 9 heteroatoms. The first-order valence-corrected chi connectivity index (χ1v) is 13.6. The minimum Gasteiger partial charge on any atom is -0.368 e. The van der Waals surface area contributed by atoms with Crippen molar-refractivity contribution < 1.29 is 0 Å². The summed E-state index contributed by atoms with van der Waals surface area (Å²) < 4.78 is 2.56. The Balaban J connectivity index is 1.15. The van der Waals surface area contributed by atoms with Gasteiger partial charge in [-0.15, -0.1) is 16.4 Å². The number of aryl methyl sites for hydroxylation is 1. The highest BCUT2D eigenvalue weighted by molar-refractivity contribution is 7.17. The number of benzene rings is 1. The van der Waals surface area contributed by atoms with E-state index in [1.165, 1.54) is 62.7 Å². The van der Waals surface area contributed by atoms with Gasteiger partial charge in [-0.1, -0.05) is 6.07 Å². The monoisotopic (exact) mass is 486 g/mol. The van der Waals surface area contributed by atoms with Crippen molar-refractivity contribution in [2.75, 3.05) is 24.1 Å². The van der Waals surface area contributed by atoms with Crippen molar-refractivity contribution in [1.82, 2.24) is 29.6 Å². The van der Waals surface area contributed by atoms with Gasteiger partial charge in [0.1, 0.15) is 6.33 Å². The summed E-state index contributed by atoms with van der Waals surface area (Å²) in [6.45, 7) is 4.63. The van der Waals surface area contributed by atoms with Gasteiger partial charge in [-0.05, 0) is 105 Å². The zero-order chi connectivity index (χ0) is 23.5. The average Bonchev–Trinajstić information content (AvgIpc) is 3.62. The molecule has 0 spiro atoms. The van der Waals surface area contributed by atoms with Gasteiger partial charge in [0.2, 0.25) is 11.9 Å². The van der Waals surface area contributed by atoms with Crippen molar-refractivity contribution in [3.63, 3.8) is 0 Å². The number of hydrogen-bond donors (Lipinski definition) is 2. The Hall–Kier alpha value is -3.04. The number of anilines is 3. The fraction of sp³-hybridized carbons (Fsp3) is 0.462. The number of aromatic nitrogens is 5. The lowest BCUT2D eigenvalue weighted by atomic mass is 9.93. The first kappa shape index (κ1) is 21.3. The first-order chi connectivity index (χ1) is 17.1. The van der Waals surface area contributed by atoms with E-state index in [9.17, 15) is 0 Å². The average molecular weight is 487 g/mol. The third-order valence-electron chi connectivity index (χ3n) is 8.21. The Kier molecular flexibility index (Phi) is 5.02. The summed E-state index contributed by atoms with van der Waals surface area (Å²) in [6, 6.07) is 7.54. The summed E-state index contributed by atoms with van der Waals surface area (Å²) in [5.74, 6) is 3.03. The van der Waals surface area contributed by atoms with Gasteiger partial charge in [0.25, 0.3) is 0 Å². The summed E-state index contributed by atoms with van der Waals surface area (Å²) in [5, 5.41) is 10.1. The van der Waals surface area contributed by atoms with Crippen LogP contribution in [0.1, 0.15) is 42.4 Å². The van der Waals surface area contributed by atoms with Gasteiger partial charge in [0.15, 0.2) is 5.82 Å². The van der Waals surface area contributed by atoms with E-state index in [2.05, 4.69) is 53.8 Å². The number of nitrogens with one attached hydrogen (secondary N) is 1. The van der Waals surface area contributed by atoms with E-state index >= 15 is 0 Å². The lowest BCUT2D eigenvalue weighted by molar-refractivity contribution is 0.159. The summed E-state index contributed by atoms with van der Waals surface area (Å²) in [4.78, 5) is 16.1. The quantitative estimate of drug-likeness (QED) is 0.438. The Morgan fingerprint density at radius 2 is 1.86 bits per heavy atom. The molecule has 1 aromatic carbocycles. The van der Waals surface area contributed by atoms with Gasteiger partial charge in [0.05, 0.1) is 10.2 Å². The van der Waals surface area contributed by atoms with Gasteiger partial charge in [-0.2, -0.15) is 9.67 Å². The molecule has 1 saturated heterocycles. The van der Waals surface area contributed by atoms with E-state index in [1.54, 1.807) is 22.3 Å². The number of nitrogens with zero attached hydrogens (tertiary/aromatic N) is 6. The zero-order valence-electron chi connectivity index (χ0n) is 19.9. The third-order valence-corrected chi connectivity index (χ3v) is 9.29. The molecule has 2 aliphatic carbocycles. The molecule has 35 heavy (non-hydrogen) atoms. The maximum absolute atomic E-state index is 6.26. The van der Waals surface area contributed by atoms with Crippen LogP contribution in [-0.2, 0) is 12.8 Å². The highest BCUT2D eigenvalue weighted by Gasteiger charge is 2.42. The van der Waals surface area contributed by atoms with Crippen LogP contribution in [-0.4, -0.2) is 48.8 Å². The Morgan fingerprint density at radius 3 is 2.69 bits per heavy atom. The number of nitrogen functional groups attached to an aromatic ring is 1. The van der Waals surface area contributed by atoms with Gasteiger partial charge in [0, 0.05) is 11.7 Å². The van der Waals surface area contributed by atoms with Crippen molar-refractivity contribution >= 4 is 39.1 Å². The van der Waals surface area contributed by atoms with E-state index < -0.39 is 0 Å². The molecule has 4 aromatic rings. The number of likely N-dealkylation sites (tertiary alicyclic amines) is 1. The van der Waals surface area contributed by atoms with Crippen LogP contribution >= 0.6 is 11.3 Å². The van der Waals surface area contributed by atoms with E-state index in [-0.39, 0.29) is 0 Å². The van der Waals surface area contributed by atoms with Crippen LogP contribution in [0.4, 0.5) is 17.6 Å². The van der Waals surface area contributed by atoms with E-state index in [4.69, 9.17) is 5.73 Å². The highest BCUT2D eigenvalue weighted by atomic mass is 32.1. The maximum atomic E-state index is 6.26. The van der Waals surface area contributed by atoms with Gasteiger partial charge in [-0.25, -0.2) is 9.97 Å². The summed E-state index contributed by atoms with van der Waals surface area (Å²) in [6.07, 6.45) is 9.41. The van der Waals surface area contributed by atoms with E-state index in [1.807, 2.05) is 6.92 Å². The fourth-order valence-electron chi connectivity index (χ4n) is 6.66. The minimum absolute atomic E-state index is 0.305. The molecule has 3 unspecified atom stereocenters. The van der Waals surface area contributed by atoms with E-state index in [0.29, 0.717) is 17.7 Å². The molecule has 3 aliphatic rings. The lowest BCUT2D eigenvalue weighted by Gasteiger charge is -2.32. The molecule has 3 atom stereocenters. The number of rotatable bonds is 4. The van der Waals surface area contributed by atoms with Crippen molar-refractivity contribution in [1.29, 1.82) is 0 Å². The molecule has 0 amide bonds. The largest absolute Gasteiger partial charge is 0.368 e. The molecule has 4 heterocycles. The molecule has 7 rings (SSSR count). The maximum Gasteiger partial charge on any atom is 0.248 e. The lowest BCUT2D eigenvalue weighted by Crippen LogP contribution is -2.40. The predicted octanol–water partition coefficient (Wildman–Crippen LogP) is 4.50. The molecular weight excluding hydrogens is 456 g/mol. The Bertz CT molecular complexity index is 1400. The molecule has 1 aliphatic heterocycles. The normalized spacial score (nSPS) is 24.1. The SMILES string of the molecule is Cc1csc2c(-n3nc(Nc4ccc5c(c4)CC4CCC(C5)C4N4CCCC4)nc3N)ncnc12.